The molecule has 0 atom stereocenters. The van der Waals surface area contributed by atoms with Crippen LogP contribution in [0.3, 0.4) is 0 Å². The summed E-state index contributed by atoms with van der Waals surface area (Å²) in [5, 5.41) is 1.61. The molecular weight excluding hydrogens is 367 g/mol. The van der Waals surface area contributed by atoms with E-state index in [0.717, 1.165) is 27.5 Å². The lowest BCUT2D eigenvalue weighted by Crippen LogP contribution is -2.25. The van der Waals surface area contributed by atoms with Crippen LogP contribution < -0.4 is 0 Å². The molecule has 0 unspecified atom stereocenters. The second-order valence-electron chi connectivity index (χ2n) is 6.44. The maximum atomic E-state index is 12.5. The average molecular weight is 381 g/mol. The summed E-state index contributed by atoms with van der Waals surface area (Å²) in [6.45, 7) is 0. The Morgan fingerprint density at radius 1 is 0.786 bits per heavy atom. The lowest BCUT2D eigenvalue weighted by molar-refractivity contribution is -0.170. The highest BCUT2D eigenvalue weighted by molar-refractivity contribution is 6.14. The minimum atomic E-state index is -5.01. The number of halogens is 3. The number of para-hydroxylation sites is 2. The van der Waals surface area contributed by atoms with Crippen LogP contribution in [-0.4, -0.2) is 22.3 Å². The highest BCUT2D eigenvalue weighted by Crippen LogP contribution is 2.33. The molecule has 140 valence electrons. The number of alkyl halides is 3. The van der Waals surface area contributed by atoms with E-state index in [9.17, 15) is 22.8 Å². The normalized spacial score (nSPS) is 11.8. The van der Waals surface area contributed by atoms with Crippen LogP contribution in [-0.2, 0) is 4.79 Å². The van der Waals surface area contributed by atoms with Crippen molar-refractivity contribution in [2.45, 2.75) is 12.6 Å². The lowest BCUT2D eigenvalue weighted by atomic mass is 10.0. The van der Waals surface area contributed by atoms with E-state index in [-0.39, 0.29) is 5.56 Å². The minimum absolute atomic E-state index is 0.0843. The number of carbonyl (C=O) groups excluding carboxylic acids is 2. The van der Waals surface area contributed by atoms with Crippen LogP contribution in [0.25, 0.3) is 27.5 Å². The first kappa shape index (κ1) is 18.0. The number of nitrogens with zero attached hydrogens (tertiary/aromatic N) is 1. The van der Waals surface area contributed by atoms with Gasteiger partial charge in [-0.3, -0.25) is 9.59 Å². The molecule has 1 aromatic heterocycles. The fourth-order valence-electron chi connectivity index (χ4n) is 3.35. The summed E-state index contributed by atoms with van der Waals surface area (Å²) in [7, 11) is 0. The third kappa shape index (κ3) is 3.07. The quantitative estimate of drug-likeness (QED) is 0.346. The highest BCUT2D eigenvalue weighted by Gasteiger charge is 2.39. The predicted molar refractivity (Wildman–Crippen MR) is 101 cm³/mol. The van der Waals surface area contributed by atoms with Gasteiger partial charge in [0.15, 0.2) is 5.78 Å². The number of fused-ring (bicyclic) bond motifs is 3. The molecule has 0 aliphatic heterocycles. The Kier molecular flexibility index (Phi) is 4.26. The molecule has 6 heteroatoms. The van der Waals surface area contributed by atoms with Gasteiger partial charge >= 0.3 is 6.18 Å². The van der Waals surface area contributed by atoms with Crippen LogP contribution >= 0.6 is 0 Å². The number of rotatable bonds is 4. The molecule has 0 N–H and O–H groups in total. The Labute approximate surface area is 158 Å². The second-order valence-corrected chi connectivity index (χ2v) is 6.44. The van der Waals surface area contributed by atoms with Crippen LogP contribution in [0.1, 0.15) is 16.8 Å². The molecule has 0 saturated heterocycles. The zero-order valence-electron chi connectivity index (χ0n) is 14.5. The van der Waals surface area contributed by atoms with Gasteiger partial charge in [0.05, 0.1) is 17.5 Å². The van der Waals surface area contributed by atoms with Crippen molar-refractivity contribution in [1.29, 1.82) is 0 Å². The van der Waals surface area contributed by atoms with Crippen LogP contribution in [0.5, 0.6) is 0 Å². The summed E-state index contributed by atoms with van der Waals surface area (Å²) < 4.78 is 39.4. The third-order valence-corrected chi connectivity index (χ3v) is 4.65. The van der Waals surface area contributed by atoms with Gasteiger partial charge < -0.3 is 4.57 Å². The molecule has 0 aliphatic rings. The Balaban J connectivity index is 1.86. The lowest BCUT2D eigenvalue weighted by Gasteiger charge is -2.08. The van der Waals surface area contributed by atoms with Crippen LogP contribution in [0, 0.1) is 0 Å². The van der Waals surface area contributed by atoms with E-state index >= 15 is 0 Å². The van der Waals surface area contributed by atoms with E-state index in [2.05, 4.69) is 0 Å². The summed E-state index contributed by atoms with van der Waals surface area (Å²) in [6, 6.07) is 22.0. The van der Waals surface area contributed by atoms with Gasteiger partial charge in [0.25, 0.3) is 0 Å². The van der Waals surface area contributed by atoms with Gasteiger partial charge in [-0.05, 0) is 36.4 Å². The van der Waals surface area contributed by atoms with Crippen LogP contribution in [0.15, 0.2) is 72.8 Å². The molecule has 28 heavy (non-hydrogen) atoms. The number of carbonyl (C=O) groups is 2. The Morgan fingerprint density at radius 2 is 1.43 bits per heavy atom. The SMILES string of the molecule is O=C(CC(=O)C(F)(F)F)c1ccc2c(c1)c1ccccc1n2-c1ccccc1. The number of aromatic nitrogens is 1. The van der Waals surface area contributed by atoms with E-state index in [4.69, 9.17) is 0 Å². The maximum Gasteiger partial charge on any atom is 0.450 e. The molecule has 1 heterocycles. The molecule has 0 fully saturated rings. The van der Waals surface area contributed by atoms with E-state index in [1.807, 2.05) is 59.2 Å². The van der Waals surface area contributed by atoms with Gasteiger partial charge in [-0.15, -0.1) is 0 Å². The molecule has 0 radical (unpaired) electrons. The van der Waals surface area contributed by atoms with Crippen molar-refractivity contribution in [2.75, 3.05) is 0 Å². The number of Topliss-reactive ketones (excluding diaryl/α,β-unsaturated/α-hetero) is 2. The van der Waals surface area contributed by atoms with Crippen molar-refractivity contribution >= 4 is 33.4 Å². The first-order valence-electron chi connectivity index (χ1n) is 8.58. The zero-order chi connectivity index (χ0) is 19.9. The first-order valence-corrected chi connectivity index (χ1v) is 8.58. The predicted octanol–water partition coefficient (Wildman–Crippen LogP) is 5.49. The number of benzene rings is 3. The molecule has 4 rings (SSSR count). The van der Waals surface area contributed by atoms with Gasteiger partial charge in [0.1, 0.15) is 0 Å². The Hall–Kier alpha value is -3.41. The topological polar surface area (TPSA) is 39.1 Å². The van der Waals surface area contributed by atoms with Crippen molar-refractivity contribution in [2.24, 2.45) is 0 Å². The van der Waals surface area contributed by atoms with E-state index in [0.29, 0.717) is 0 Å². The third-order valence-electron chi connectivity index (χ3n) is 4.65. The summed E-state index contributed by atoms with van der Waals surface area (Å²) >= 11 is 0. The summed E-state index contributed by atoms with van der Waals surface area (Å²) in [6.07, 6.45) is -6.20. The summed E-state index contributed by atoms with van der Waals surface area (Å²) in [5.41, 5.74) is 2.76. The molecule has 0 aliphatic carbocycles. The van der Waals surface area contributed by atoms with Crippen molar-refractivity contribution in [1.82, 2.24) is 4.57 Å². The van der Waals surface area contributed by atoms with Crippen molar-refractivity contribution in [3.8, 4) is 5.69 Å². The zero-order valence-corrected chi connectivity index (χ0v) is 14.5. The molecule has 0 bridgehead atoms. The largest absolute Gasteiger partial charge is 0.450 e. The smallest absolute Gasteiger partial charge is 0.309 e. The van der Waals surface area contributed by atoms with Gasteiger partial charge in [-0.25, -0.2) is 0 Å². The van der Waals surface area contributed by atoms with E-state index in [1.165, 1.54) is 6.07 Å². The molecule has 4 aromatic rings. The standard InChI is InChI=1S/C22H14F3NO2/c23-22(24,25)21(28)13-20(27)14-10-11-19-17(12-14)16-8-4-5-9-18(16)26(19)15-6-2-1-3-7-15/h1-12H,13H2. The number of hydrogen-bond donors (Lipinski definition) is 0. The fourth-order valence-corrected chi connectivity index (χ4v) is 3.35. The number of ketones is 2. The minimum Gasteiger partial charge on any atom is -0.309 e. The molecular formula is C22H14F3NO2. The molecule has 3 aromatic carbocycles. The average Bonchev–Trinajstić information content (AvgIpc) is 3.01. The van der Waals surface area contributed by atoms with Crippen molar-refractivity contribution < 1.29 is 22.8 Å². The highest BCUT2D eigenvalue weighted by atomic mass is 19.4. The monoisotopic (exact) mass is 381 g/mol. The first-order chi connectivity index (χ1) is 13.4. The Morgan fingerprint density at radius 3 is 2.14 bits per heavy atom. The van der Waals surface area contributed by atoms with E-state index < -0.39 is 24.2 Å². The maximum absolute atomic E-state index is 12.5. The number of hydrogen-bond acceptors (Lipinski definition) is 2. The molecule has 0 amide bonds. The van der Waals surface area contributed by atoms with Gasteiger partial charge in [0, 0.05) is 22.0 Å². The van der Waals surface area contributed by atoms with Gasteiger partial charge in [-0.2, -0.15) is 13.2 Å². The molecule has 0 spiro atoms. The Bertz CT molecular complexity index is 1210. The van der Waals surface area contributed by atoms with Crippen molar-refractivity contribution in [3.05, 3.63) is 78.4 Å². The van der Waals surface area contributed by atoms with E-state index in [1.54, 1.807) is 12.1 Å². The van der Waals surface area contributed by atoms with Crippen LogP contribution in [0.4, 0.5) is 13.2 Å². The molecule has 0 saturated carbocycles. The summed E-state index contributed by atoms with van der Waals surface area (Å²) in [4.78, 5) is 23.4. The van der Waals surface area contributed by atoms with Crippen molar-refractivity contribution in [3.63, 3.8) is 0 Å². The molecule has 3 nitrogen and oxygen atoms in total. The fraction of sp³-hybridized carbons (Fsp3) is 0.0909. The van der Waals surface area contributed by atoms with Crippen LogP contribution in [0.2, 0.25) is 0 Å². The second kappa shape index (κ2) is 6.64. The summed E-state index contributed by atoms with van der Waals surface area (Å²) in [5.74, 6) is -2.88. The van der Waals surface area contributed by atoms with Gasteiger partial charge in [-0.1, -0.05) is 36.4 Å². The van der Waals surface area contributed by atoms with Gasteiger partial charge in [0.2, 0.25) is 5.78 Å².